The Bertz CT molecular complexity index is 793. The van der Waals surface area contributed by atoms with Crippen molar-refractivity contribution in [3.63, 3.8) is 0 Å². The Hall–Kier alpha value is -3.23. The molecule has 1 fully saturated rings. The monoisotopic (exact) mass is 384 g/mol. The number of hydrogen-bond donors (Lipinski definition) is 2. The minimum absolute atomic E-state index is 0.173. The summed E-state index contributed by atoms with van der Waals surface area (Å²) in [6, 6.07) is 5.52. The lowest BCUT2D eigenvalue weighted by Crippen LogP contribution is -2.42. The van der Waals surface area contributed by atoms with Crippen LogP contribution in [-0.2, 0) is 11.3 Å². The first-order valence-electron chi connectivity index (χ1n) is 9.33. The smallest absolute Gasteiger partial charge is 0.409 e. The van der Waals surface area contributed by atoms with Gasteiger partial charge in [-0.15, -0.1) is 0 Å². The Morgan fingerprint density at radius 1 is 1.29 bits per heavy atom. The van der Waals surface area contributed by atoms with Gasteiger partial charge in [0.1, 0.15) is 17.8 Å². The largest absolute Gasteiger partial charge is 0.450 e. The number of aromatic nitrogens is 3. The highest BCUT2D eigenvalue weighted by Crippen LogP contribution is 2.16. The van der Waals surface area contributed by atoms with Crippen LogP contribution >= 0.6 is 0 Å². The van der Waals surface area contributed by atoms with E-state index in [-0.39, 0.29) is 18.0 Å². The van der Waals surface area contributed by atoms with E-state index in [2.05, 4.69) is 25.6 Å². The van der Waals surface area contributed by atoms with E-state index in [0.29, 0.717) is 37.8 Å². The number of anilines is 1. The lowest BCUT2D eigenvalue weighted by Gasteiger charge is -2.31. The van der Waals surface area contributed by atoms with Crippen LogP contribution in [0.15, 0.2) is 36.9 Å². The first-order chi connectivity index (χ1) is 13.7. The minimum Gasteiger partial charge on any atom is -0.450 e. The van der Waals surface area contributed by atoms with Crippen molar-refractivity contribution in [2.24, 2.45) is 0 Å². The average Bonchev–Trinajstić information content (AvgIpc) is 2.73. The van der Waals surface area contributed by atoms with E-state index >= 15 is 0 Å². The molecule has 0 bridgehead atoms. The van der Waals surface area contributed by atoms with Crippen LogP contribution in [0.2, 0.25) is 0 Å². The third-order valence-corrected chi connectivity index (χ3v) is 4.45. The summed E-state index contributed by atoms with van der Waals surface area (Å²) in [5.74, 6) is 0.322. The number of carbonyl (C=O) groups excluding carboxylic acids is 2. The van der Waals surface area contributed by atoms with E-state index in [1.807, 2.05) is 12.1 Å². The highest BCUT2D eigenvalue weighted by Gasteiger charge is 2.23. The fourth-order valence-electron chi connectivity index (χ4n) is 2.97. The van der Waals surface area contributed by atoms with E-state index in [1.54, 1.807) is 30.3 Å². The number of likely N-dealkylation sites (tertiary alicyclic amines) is 1. The van der Waals surface area contributed by atoms with Crippen LogP contribution in [0.4, 0.5) is 10.6 Å². The normalized spacial score (nSPS) is 14.4. The van der Waals surface area contributed by atoms with Gasteiger partial charge in [0, 0.05) is 44.1 Å². The summed E-state index contributed by atoms with van der Waals surface area (Å²) in [6.07, 6.45) is 6.06. The SMILES string of the molecule is CCOC(=O)N1CCC(Nc2cc(C(=O)NCc3cccnc3)ncn2)CC1. The maximum atomic E-state index is 12.3. The summed E-state index contributed by atoms with van der Waals surface area (Å²) in [6.45, 7) is 3.81. The average molecular weight is 384 g/mol. The Balaban J connectivity index is 1.51. The molecule has 1 aliphatic rings. The van der Waals surface area contributed by atoms with E-state index in [1.165, 1.54) is 6.33 Å². The van der Waals surface area contributed by atoms with Gasteiger partial charge in [0.05, 0.1) is 6.61 Å². The van der Waals surface area contributed by atoms with Gasteiger partial charge < -0.3 is 20.3 Å². The molecule has 0 spiro atoms. The van der Waals surface area contributed by atoms with Crippen LogP contribution in [0.25, 0.3) is 0 Å². The van der Waals surface area contributed by atoms with Crippen molar-refractivity contribution < 1.29 is 14.3 Å². The molecule has 2 N–H and O–H groups in total. The molecule has 0 aromatic carbocycles. The van der Waals surface area contributed by atoms with Gasteiger partial charge in [-0.1, -0.05) is 6.07 Å². The van der Waals surface area contributed by atoms with E-state index in [0.717, 1.165) is 18.4 Å². The molecule has 9 nitrogen and oxygen atoms in total. The van der Waals surface area contributed by atoms with Crippen molar-refractivity contribution in [2.75, 3.05) is 25.0 Å². The summed E-state index contributed by atoms with van der Waals surface area (Å²) in [7, 11) is 0. The van der Waals surface area contributed by atoms with Gasteiger partial charge in [0.2, 0.25) is 0 Å². The lowest BCUT2D eigenvalue weighted by molar-refractivity contribution is 0.0943. The molecule has 3 rings (SSSR count). The number of hydrogen-bond acceptors (Lipinski definition) is 7. The number of amides is 2. The highest BCUT2D eigenvalue weighted by atomic mass is 16.6. The first kappa shape index (κ1) is 19.5. The van der Waals surface area contributed by atoms with Crippen molar-refractivity contribution in [1.29, 1.82) is 0 Å². The van der Waals surface area contributed by atoms with E-state index < -0.39 is 0 Å². The maximum absolute atomic E-state index is 12.3. The molecular formula is C19H24N6O3. The van der Waals surface area contributed by atoms with Crippen LogP contribution < -0.4 is 10.6 Å². The third-order valence-electron chi connectivity index (χ3n) is 4.45. The van der Waals surface area contributed by atoms with E-state index in [9.17, 15) is 9.59 Å². The molecule has 0 saturated carbocycles. The molecule has 9 heteroatoms. The molecule has 0 atom stereocenters. The molecule has 0 aliphatic carbocycles. The standard InChI is InChI=1S/C19H24N6O3/c1-2-28-19(27)25-8-5-15(6-9-25)24-17-10-16(22-13-23-17)18(26)21-12-14-4-3-7-20-11-14/h3-4,7,10-11,13,15H,2,5-6,8-9,12H2,1H3,(H,21,26)(H,22,23,24). The lowest BCUT2D eigenvalue weighted by atomic mass is 10.1. The van der Waals surface area contributed by atoms with Gasteiger partial charge in [0.15, 0.2) is 0 Å². The number of rotatable bonds is 6. The Labute approximate surface area is 163 Å². The summed E-state index contributed by atoms with van der Waals surface area (Å²) < 4.78 is 5.03. The van der Waals surface area contributed by atoms with Crippen molar-refractivity contribution in [2.45, 2.75) is 32.4 Å². The zero-order valence-corrected chi connectivity index (χ0v) is 15.8. The Morgan fingerprint density at radius 2 is 2.11 bits per heavy atom. The molecular weight excluding hydrogens is 360 g/mol. The number of nitrogens with one attached hydrogen (secondary N) is 2. The van der Waals surface area contributed by atoms with Crippen molar-refractivity contribution in [1.82, 2.24) is 25.2 Å². The summed E-state index contributed by atoms with van der Waals surface area (Å²) in [4.78, 5) is 38.1. The third kappa shape index (κ3) is 5.38. The molecule has 0 radical (unpaired) electrons. The molecule has 3 heterocycles. The fourth-order valence-corrected chi connectivity index (χ4v) is 2.97. The van der Waals surface area contributed by atoms with Crippen molar-refractivity contribution in [3.05, 3.63) is 48.2 Å². The molecule has 0 unspecified atom stereocenters. The maximum Gasteiger partial charge on any atom is 0.409 e. The fraction of sp³-hybridized carbons (Fsp3) is 0.421. The quantitative estimate of drug-likeness (QED) is 0.782. The molecule has 148 valence electrons. The number of carbonyl (C=O) groups is 2. The van der Waals surface area contributed by atoms with Crippen LogP contribution in [-0.4, -0.2) is 57.6 Å². The van der Waals surface area contributed by atoms with Gasteiger partial charge in [-0.2, -0.15) is 0 Å². The second-order valence-corrected chi connectivity index (χ2v) is 6.44. The number of nitrogens with zero attached hydrogens (tertiary/aromatic N) is 4. The van der Waals surface area contributed by atoms with E-state index in [4.69, 9.17) is 4.74 Å². The molecule has 1 saturated heterocycles. The van der Waals surface area contributed by atoms with Crippen LogP contribution in [0.3, 0.4) is 0 Å². The van der Waals surface area contributed by atoms with Gasteiger partial charge in [-0.3, -0.25) is 9.78 Å². The predicted molar refractivity (Wildman–Crippen MR) is 103 cm³/mol. The zero-order valence-electron chi connectivity index (χ0n) is 15.8. The Kier molecular flexibility index (Phi) is 6.72. The zero-order chi connectivity index (χ0) is 19.8. The second kappa shape index (κ2) is 9.63. The Morgan fingerprint density at radius 3 is 2.82 bits per heavy atom. The van der Waals surface area contributed by atoms with Crippen molar-refractivity contribution in [3.8, 4) is 0 Å². The predicted octanol–water partition coefficient (Wildman–Crippen LogP) is 1.83. The topological polar surface area (TPSA) is 109 Å². The first-order valence-corrected chi connectivity index (χ1v) is 9.33. The van der Waals surface area contributed by atoms with Crippen LogP contribution in [0, 0.1) is 0 Å². The van der Waals surface area contributed by atoms with Gasteiger partial charge in [-0.25, -0.2) is 14.8 Å². The minimum atomic E-state index is -0.272. The van der Waals surface area contributed by atoms with Crippen LogP contribution in [0.1, 0.15) is 35.8 Å². The molecule has 2 aromatic rings. The molecule has 2 aromatic heterocycles. The second-order valence-electron chi connectivity index (χ2n) is 6.44. The summed E-state index contributed by atoms with van der Waals surface area (Å²) >= 11 is 0. The number of ether oxygens (including phenoxy) is 1. The highest BCUT2D eigenvalue weighted by molar-refractivity contribution is 5.92. The molecule has 1 aliphatic heterocycles. The molecule has 2 amide bonds. The van der Waals surface area contributed by atoms with Gasteiger partial charge >= 0.3 is 6.09 Å². The van der Waals surface area contributed by atoms with Crippen LogP contribution in [0.5, 0.6) is 0 Å². The molecule has 28 heavy (non-hydrogen) atoms. The van der Waals surface area contributed by atoms with Gasteiger partial charge in [-0.05, 0) is 31.4 Å². The van der Waals surface area contributed by atoms with Gasteiger partial charge in [0.25, 0.3) is 5.91 Å². The summed E-state index contributed by atoms with van der Waals surface area (Å²) in [5, 5.41) is 6.14. The number of piperidine rings is 1. The van der Waals surface area contributed by atoms with Crippen molar-refractivity contribution >= 4 is 17.8 Å². The summed E-state index contributed by atoms with van der Waals surface area (Å²) in [5.41, 5.74) is 1.21. The number of pyridine rings is 1.